The van der Waals surface area contributed by atoms with Crippen LogP contribution in [0.5, 0.6) is 0 Å². The molecule has 0 aliphatic rings. The first-order valence-electron chi connectivity index (χ1n) is 6.29. The minimum Gasteiger partial charge on any atom is -0.478 e. The van der Waals surface area contributed by atoms with Crippen molar-refractivity contribution in [1.29, 1.82) is 0 Å². The fraction of sp³-hybridized carbons (Fsp3) is 0.357. The van der Waals surface area contributed by atoms with Crippen molar-refractivity contribution in [1.82, 2.24) is 4.31 Å². The van der Waals surface area contributed by atoms with Crippen LogP contribution in [0.4, 0.5) is 0 Å². The molecule has 0 fully saturated rings. The normalized spacial score (nSPS) is 11.6. The van der Waals surface area contributed by atoms with Gasteiger partial charge in [0.2, 0.25) is 10.0 Å². The number of hydrogen-bond donors (Lipinski definition) is 1. The second-order valence-corrected chi connectivity index (χ2v) is 6.34. The fourth-order valence-corrected chi connectivity index (χ4v) is 3.61. The molecule has 1 N–H and O–H groups in total. The summed E-state index contributed by atoms with van der Waals surface area (Å²) in [5, 5.41) is 8.99. The Hall–Kier alpha value is -1.66. The van der Waals surface area contributed by atoms with Crippen LogP contribution in [-0.2, 0) is 10.0 Å². The summed E-state index contributed by atoms with van der Waals surface area (Å²) in [5.41, 5.74) is 0.490. The molecule has 0 bridgehead atoms. The molecular weight excluding hydrogens is 278 g/mol. The van der Waals surface area contributed by atoms with E-state index >= 15 is 0 Å². The van der Waals surface area contributed by atoms with Crippen LogP contribution in [0.3, 0.4) is 0 Å². The van der Waals surface area contributed by atoms with Crippen molar-refractivity contribution in [2.45, 2.75) is 25.2 Å². The summed E-state index contributed by atoms with van der Waals surface area (Å²) in [6.07, 6.45) is 2.19. The summed E-state index contributed by atoms with van der Waals surface area (Å²) in [4.78, 5) is 11.0. The van der Waals surface area contributed by atoms with Gasteiger partial charge in [0.05, 0.1) is 10.5 Å². The zero-order valence-corrected chi connectivity index (χ0v) is 12.5. The molecule has 0 amide bonds. The van der Waals surface area contributed by atoms with Crippen molar-refractivity contribution in [3.05, 3.63) is 42.0 Å². The van der Waals surface area contributed by atoms with Gasteiger partial charge in [0.1, 0.15) is 0 Å². The molecule has 110 valence electrons. The van der Waals surface area contributed by atoms with Gasteiger partial charge in [0.15, 0.2) is 0 Å². The molecule has 1 rings (SSSR count). The summed E-state index contributed by atoms with van der Waals surface area (Å²) < 4.78 is 26.5. The van der Waals surface area contributed by atoms with Gasteiger partial charge in [-0.25, -0.2) is 13.2 Å². The highest BCUT2D eigenvalue weighted by Crippen LogP contribution is 2.21. The lowest BCUT2D eigenvalue weighted by Gasteiger charge is -2.21. The van der Waals surface area contributed by atoms with E-state index in [0.29, 0.717) is 18.5 Å². The molecule has 0 radical (unpaired) electrons. The molecule has 1 aromatic rings. The zero-order chi connectivity index (χ0) is 15.3. The van der Waals surface area contributed by atoms with E-state index in [0.717, 1.165) is 0 Å². The van der Waals surface area contributed by atoms with Crippen molar-refractivity contribution >= 4 is 16.0 Å². The summed E-state index contributed by atoms with van der Waals surface area (Å²) in [7, 11) is -3.71. The lowest BCUT2D eigenvalue weighted by molar-refractivity contribution is 0.0696. The number of benzene rings is 1. The van der Waals surface area contributed by atoms with Crippen LogP contribution < -0.4 is 0 Å². The highest BCUT2D eigenvalue weighted by atomic mass is 32.2. The first-order chi connectivity index (χ1) is 9.34. The average molecular weight is 297 g/mol. The molecule has 5 nitrogen and oxygen atoms in total. The first kappa shape index (κ1) is 16.4. The van der Waals surface area contributed by atoms with Crippen molar-refractivity contribution < 1.29 is 18.3 Å². The Balaban J connectivity index is 3.35. The highest BCUT2D eigenvalue weighted by Gasteiger charge is 2.25. The maximum atomic E-state index is 12.6. The number of carbonyl (C=O) groups is 1. The first-order valence-corrected chi connectivity index (χ1v) is 7.73. The second-order valence-electron chi connectivity index (χ2n) is 4.44. The number of hydrogen-bond acceptors (Lipinski definition) is 3. The van der Waals surface area contributed by atoms with E-state index in [1.165, 1.54) is 28.6 Å². The van der Waals surface area contributed by atoms with Crippen LogP contribution in [-0.4, -0.2) is 36.9 Å². The van der Waals surface area contributed by atoms with Gasteiger partial charge in [-0.3, -0.25) is 0 Å². The number of rotatable bonds is 7. The predicted molar refractivity (Wildman–Crippen MR) is 77.4 cm³/mol. The van der Waals surface area contributed by atoms with E-state index in [9.17, 15) is 13.2 Å². The van der Waals surface area contributed by atoms with Gasteiger partial charge < -0.3 is 5.11 Å². The van der Waals surface area contributed by atoms with Crippen molar-refractivity contribution in [2.75, 3.05) is 13.1 Å². The highest BCUT2D eigenvalue weighted by molar-refractivity contribution is 7.89. The lowest BCUT2D eigenvalue weighted by atomic mass is 10.1. The summed E-state index contributed by atoms with van der Waals surface area (Å²) in [6.45, 7) is 7.66. The van der Waals surface area contributed by atoms with Crippen LogP contribution in [0.15, 0.2) is 35.7 Å². The molecule has 0 heterocycles. The predicted octanol–water partition coefficient (Wildman–Crippen LogP) is 2.28. The van der Waals surface area contributed by atoms with Gasteiger partial charge in [-0.2, -0.15) is 4.31 Å². The summed E-state index contributed by atoms with van der Waals surface area (Å²) in [5.74, 6) is -1.15. The maximum Gasteiger partial charge on any atom is 0.335 e. The van der Waals surface area contributed by atoms with Crippen LogP contribution >= 0.6 is 0 Å². The van der Waals surface area contributed by atoms with Crippen LogP contribution in [0.2, 0.25) is 0 Å². The third-order valence-electron chi connectivity index (χ3n) is 2.86. The third kappa shape index (κ3) is 3.46. The van der Waals surface area contributed by atoms with Gasteiger partial charge >= 0.3 is 5.97 Å². The van der Waals surface area contributed by atoms with Gasteiger partial charge in [-0.1, -0.05) is 19.1 Å². The summed E-state index contributed by atoms with van der Waals surface area (Å²) in [6, 6.07) is 4.11. The van der Waals surface area contributed by atoms with Crippen molar-refractivity contribution in [3.63, 3.8) is 0 Å². The number of aromatic carboxylic acids is 1. The third-order valence-corrected chi connectivity index (χ3v) is 4.87. The Kier molecular flexibility index (Phi) is 5.47. The molecule has 6 heteroatoms. The number of carboxylic acid groups (broad SMARTS) is 1. The zero-order valence-electron chi connectivity index (χ0n) is 11.7. The molecule has 0 aromatic heterocycles. The minimum absolute atomic E-state index is 0.0349. The molecule has 20 heavy (non-hydrogen) atoms. The van der Waals surface area contributed by atoms with Crippen LogP contribution in [0.1, 0.15) is 29.3 Å². The van der Waals surface area contributed by atoms with Gasteiger partial charge in [-0.15, -0.1) is 6.58 Å². The van der Waals surface area contributed by atoms with E-state index in [1.807, 2.05) is 6.92 Å². The molecule has 0 saturated heterocycles. The largest absolute Gasteiger partial charge is 0.478 e. The maximum absolute atomic E-state index is 12.6. The molecule has 0 spiro atoms. The van der Waals surface area contributed by atoms with Gasteiger partial charge in [0, 0.05) is 13.1 Å². The van der Waals surface area contributed by atoms with E-state index in [-0.39, 0.29) is 17.0 Å². The Morgan fingerprint density at radius 1 is 1.45 bits per heavy atom. The van der Waals surface area contributed by atoms with E-state index in [4.69, 9.17) is 5.11 Å². The van der Waals surface area contributed by atoms with Crippen LogP contribution in [0, 0.1) is 6.92 Å². The quantitative estimate of drug-likeness (QED) is 0.783. The SMILES string of the molecule is C=CCN(CCC)S(=O)(=O)c1cc(C(=O)O)ccc1C. The standard InChI is InChI=1S/C14H19NO4S/c1-4-8-15(9-5-2)20(18,19)13-10-12(14(16)17)7-6-11(13)3/h4,6-7,10H,1,5,8-9H2,2-3H3,(H,16,17). The molecule has 0 aliphatic carbocycles. The number of nitrogens with zero attached hydrogens (tertiary/aromatic N) is 1. The topological polar surface area (TPSA) is 74.7 Å². The fourth-order valence-electron chi connectivity index (χ4n) is 1.85. The Morgan fingerprint density at radius 3 is 2.60 bits per heavy atom. The minimum atomic E-state index is -3.71. The van der Waals surface area contributed by atoms with E-state index in [1.54, 1.807) is 6.92 Å². The van der Waals surface area contributed by atoms with Crippen molar-refractivity contribution in [2.24, 2.45) is 0 Å². The number of aryl methyl sites for hydroxylation is 1. The number of carboxylic acids is 1. The van der Waals surface area contributed by atoms with E-state index in [2.05, 4.69) is 6.58 Å². The molecule has 0 atom stereocenters. The summed E-state index contributed by atoms with van der Waals surface area (Å²) >= 11 is 0. The lowest BCUT2D eigenvalue weighted by Crippen LogP contribution is -2.32. The monoisotopic (exact) mass is 297 g/mol. The smallest absolute Gasteiger partial charge is 0.335 e. The number of sulfonamides is 1. The van der Waals surface area contributed by atoms with Gasteiger partial charge in [-0.05, 0) is 31.0 Å². The molecule has 0 saturated carbocycles. The molecule has 0 unspecified atom stereocenters. The van der Waals surface area contributed by atoms with Crippen molar-refractivity contribution in [3.8, 4) is 0 Å². The van der Waals surface area contributed by atoms with E-state index < -0.39 is 16.0 Å². The Bertz CT molecular complexity index is 608. The Labute approximate surface area is 119 Å². The van der Waals surface area contributed by atoms with Crippen LogP contribution in [0.25, 0.3) is 0 Å². The second kappa shape index (κ2) is 6.67. The molecular formula is C14H19NO4S. The molecule has 0 aliphatic heterocycles. The average Bonchev–Trinajstić information content (AvgIpc) is 2.38. The Morgan fingerprint density at radius 2 is 2.10 bits per heavy atom. The van der Waals surface area contributed by atoms with Gasteiger partial charge in [0.25, 0.3) is 0 Å². The molecule has 1 aromatic carbocycles.